The molecule has 1 atom stereocenters. The SMILES string of the molecule is [2H]C([2H])(CC([2H])([2H])C1(F)CCN(C(=O)c2ccc(F)c(Cl)c2)CC1([2H])[2H])c1ccc(C)cn1. The number of halogens is 3. The molecule has 2 aromatic rings. The fraction of sp³-hybridized carbons (Fsp3) is 0.429. The van der Waals surface area contributed by atoms with E-state index < -0.39 is 55.9 Å². The number of hydrogen-bond acceptors (Lipinski definition) is 2. The van der Waals surface area contributed by atoms with Crippen LogP contribution in [0.4, 0.5) is 8.78 Å². The average molecular weight is 399 g/mol. The number of amides is 1. The summed E-state index contributed by atoms with van der Waals surface area (Å²) >= 11 is 5.71. The van der Waals surface area contributed by atoms with E-state index in [1.165, 1.54) is 18.3 Å². The first-order valence-corrected chi connectivity index (χ1v) is 8.84. The second kappa shape index (κ2) is 8.34. The number of nitrogens with zero attached hydrogens (tertiary/aromatic N) is 2. The molecule has 27 heavy (non-hydrogen) atoms. The smallest absolute Gasteiger partial charge is 0.253 e. The number of aromatic nitrogens is 1. The Morgan fingerprint density at radius 3 is 2.89 bits per heavy atom. The highest BCUT2D eigenvalue weighted by Gasteiger charge is 2.35. The Labute approximate surface area is 171 Å². The Morgan fingerprint density at radius 2 is 2.22 bits per heavy atom. The van der Waals surface area contributed by atoms with Crippen LogP contribution in [0.5, 0.6) is 0 Å². The lowest BCUT2D eigenvalue weighted by molar-refractivity contribution is 0.0389. The third-order valence-electron chi connectivity index (χ3n) is 4.28. The number of rotatable bonds is 5. The van der Waals surface area contributed by atoms with Gasteiger partial charge in [0.05, 0.1) is 5.02 Å². The Hall–Kier alpha value is -2.01. The van der Waals surface area contributed by atoms with Crippen molar-refractivity contribution in [2.75, 3.05) is 13.1 Å². The van der Waals surface area contributed by atoms with E-state index in [9.17, 15) is 9.18 Å². The van der Waals surface area contributed by atoms with Crippen molar-refractivity contribution in [3.8, 4) is 0 Å². The monoisotopic (exact) mass is 398 g/mol. The lowest BCUT2D eigenvalue weighted by atomic mass is 9.87. The highest BCUT2D eigenvalue weighted by Crippen LogP contribution is 2.32. The molecule has 0 radical (unpaired) electrons. The third kappa shape index (κ3) is 5.04. The quantitative estimate of drug-likeness (QED) is 0.697. The molecule has 1 amide bonds. The van der Waals surface area contributed by atoms with Crippen molar-refractivity contribution in [3.63, 3.8) is 0 Å². The topological polar surface area (TPSA) is 33.2 Å². The summed E-state index contributed by atoms with van der Waals surface area (Å²) in [7, 11) is 0. The molecule has 3 rings (SSSR count). The van der Waals surface area contributed by atoms with Gasteiger partial charge in [-0.1, -0.05) is 17.7 Å². The van der Waals surface area contributed by atoms with Gasteiger partial charge in [-0.25, -0.2) is 8.78 Å². The van der Waals surface area contributed by atoms with E-state index in [-0.39, 0.29) is 22.8 Å². The molecule has 0 bridgehead atoms. The van der Waals surface area contributed by atoms with Crippen LogP contribution in [0.25, 0.3) is 0 Å². The van der Waals surface area contributed by atoms with Crippen LogP contribution in [0.1, 0.15) is 55.4 Å². The zero-order chi connectivity index (χ0) is 24.8. The van der Waals surface area contributed by atoms with Crippen LogP contribution in [-0.4, -0.2) is 34.5 Å². The molecule has 1 unspecified atom stereocenters. The van der Waals surface area contributed by atoms with Crippen LogP contribution in [-0.2, 0) is 6.37 Å². The molecule has 1 aromatic carbocycles. The zero-order valence-corrected chi connectivity index (χ0v) is 15.5. The first-order valence-electron chi connectivity index (χ1n) is 11.5. The van der Waals surface area contributed by atoms with Gasteiger partial charge in [0.2, 0.25) is 0 Å². The highest BCUT2D eigenvalue weighted by molar-refractivity contribution is 6.31. The van der Waals surface area contributed by atoms with E-state index in [0.29, 0.717) is 0 Å². The largest absolute Gasteiger partial charge is 0.338 e. The van der Waals surface area contributed by atoms with Gasteiger partial charge in [0, 0.05) is 38.8 Å². The molecule has 1 aliphatic heterocycles. The van der Waals surface area contributed by atoms with Crippen LogP contribution in [0.15, 0.2) is 36.5 Å². The molecular weight excluding hydrogens is 370 g/mol. The van der Waals surface area contributed by atoms with E-state index in [0.717, 1.165) is 22.6 Å². The summed E-state index contributed by atoms with van der Waals surface area (Å²) < 4.78 is 79.2. The molecule has 2 heterocycles. The maximum absolute atomic E-state index is 16.0. The molecule has 1 fully saturated rings. The normalized spacial score (nSPS) is 26.1. The molecular formula is C21H23ClF2N2O. The number of piperidine rings is 1. The minimum absolute atomic E-state index is 0.00616. The number of likely N-dealkylation sites (tertiary alicyclic amines) is 1. The van der Waals surface area contributed by atoms with Gasteiger partial charge < -0.3 is 4.90 Å². The van der Waals surface area contributed by atoms with Crippen LogP contribution in [0.2, 0.25) is 5.02 Å². The predicted octanol–water partition coefficient (Wildman–Crippen LogP) is 5.15. The summed E-state index contributed by atoms with van der Waals surface area (Å²) in [5, 5.41) is -0.288. The van der Waals surface area contributed by atoms with E-state index in [1.807, 2.05) is 0 Å². The van der Waals surface area contributed by atoms with Crippen molar-refractivity contribution in [1.29, 1.82) is 0 Å². The maximum Gasteiger partial charge on any atom is 0.253 e. The molecule has 3 nitrogen and oxygen atoms in total. The summed E-state index contributed by atoms with van der Waals surface area (Å²) in [5.74, 6) is -1.42. The molecule has 0 saturated carbocycles. The highest BCUT2D eigenvalue weighted by atomic mass is 35.5. The van der Waals surface area contributed by atoms with Crippen LogP contribution in [0.3, 0.4) is 0 Å². The molecule has 1 saturated heterocycles. The second-order valence-corrected chi connectivity index (χ2v) is 6.74. The molecule has 6 heteroatoms. The van der Waals surface area contributed by atoms with Crippen LogP contribution in [0, 0.1) is 12.7 Å². The minimum atomic E-state index is -3.07. The van der Waals surface area contributed by atoms with E-state index in [4.69, 9.17) is 19.8 Å². The minimum Gasteiger partial charge on any atom is -0.338 e. The molecule has 0 spiro atoms. The number of hydrogen-bond donors (Lipinski definition) is 0. The molecule has 144 valence electrons. The van der Waals surface area contributed by atoms with Crippen molar-refractivity contribution in [1.82, 2.24) is 9.88 Å². The van der Waals surface area contributed by atoms with E-state index >= 15 is 4.39 Å². The third-order valence-corrected chi connectivity index (χ3v) is 4.57. The molecule has 1 aliphatic rings. The fourth-order valence-corrected chi connectivity index (χ4v) is 2.84. The van der Waals surface area contributed by atoms with Gasteiger partial charge in [-0.15, -0.1) is 0 Å². The van der Waals surface area contributed by atoms with Gasteiger partial charge in [-0.3, -0.25) is 9.78 Å². The fourth-order valence-electron chi connectivity index (χ4n) is 2.66. The number of aryl methyl sites for hydroxylation is 2. The Kier molecular flexibility index (Phi) is 4.08. The van der Waals surface area contributed by atoms with E-state index in [2.05, 4.69) is 4.98 Å². The Balaban J connectivity index is 1.82. The van der Waals surface area contributed by atoms with Crippen molar-refractivity contribution in [2.24, 2.45) is 0 Å². The van der Waals surface area contributed by atoms with E-state index in [1.54, 1.807) is 13.0 Å². The molecule has 1 aromatic heterocycles. The average Bonchev–Trinajstić information content (AvgIpc) is 2.71. The van der Waals surface area contributed by atoms with Gasteiger partial charge >= 0.3 is 0 Å². The Bertz CT molecular complexity index is 1050. The summed E-state index contributed by atoms with van der Waals surface area (Å²) in [5.41, 5.74) is -2.39. The van der Waals surface area contributed by atoms with Crippen molar-refractivity contribution >= 4 is 17.5 Å². The standard InChI is InChI=1S/C21H23ClF2N2O/c1-15-4-6-17(25-14-15)3-2-8-21(24)9-11-26(12-10-21)20(27)16-5-7-19(23)18(22)13-16/h4-7,13-14H,2-3,8-12H2,1H3/i3D2,8D2,9D2. The first-order chi connectivity index (χ1) is 15.1. The van der Waals surface area contributed by atoms with Crippen molar-refractivity contribution < 1.29 is 21.8 Å². The van der Waals surface area contributed by atoms with Crippen molar-refractivity contribution in [3.05, 3.63) is 64.2 Å². The number of pyridine rings is 1. The van der Waals surface area contributed by atoms with Gasteiger partial charge in [0.25, 0.3) is 5.91 Å². The van der Waals surface area contributed by atoms with Gasteiger partial charge in [0.1, 0.15) is 11.5 Å². The van der Waals surface area contributed by atoms with Gasteiger partial charge in [-0.2, -0.15) is 0 Å². The number of alkyl halides is 1. The lowest BCUT2D eigenvalue weighted by Crippen LogP contribution is -2.44. The van der Waals surface area contributed by atoms with Gasteiger partial charge in [-0.05, 0) is 68.7 Å². The number of carbonyl (C=O) groups excluding carboxylic acids is 1. The maximum atomic E-state index is 16.0. The number of carbonyl (C=O) groups is 1. The summed E-state index contributed by atoms with van der Waals surface area (Å²) in [6.07, 6.45) is -8.34. The Morgan fingerprint density at radius 1 is 1.41 bits per heavy atom. The zero-order valence-electron chi connectivity index (χ0n) is 20.7. The predicted molar refractivity (Wildman–Crippen MR) is 102 cm³/mol. The summed E-state index contributed by atoms with van der Waals surface area (Å²) in [6.45, 7) is 0.684. The second-order valence-electron chi connectivity index (χ2n) is 6.33. The van der Waals surface area contributed by atoms with Gasteiger partial charge in [0.15, 0.2) is 0 Å². The summed E-state index contributed by atoms with van der Waals surface area (Å²) in [4.78, 5) is 17.7. The number of benzene rings is 1. The summed E-state index contributed by atoms with van der Waals surface area (Å²) in [6, 6.07) is 6.26. The van der Waals surface area contributed by atoms with Crippen LogP contribution < -0.4 is 0 Å². The van der Waals surface area contributed by atoms with Crippen LogP contribution >= 0.6 is 11.6 Å². The lowest BCUT2D eigenvalue weighted by Gasteiger charge is -2.36. The van der Waals surface area contributed by atoms with Crippen molar-refractivity contribution in [2.45, 2.75) is 44.6 Å². The molecule has 0 aliphatic carbocycles. The molecule has 0 N–H and O–H groups in total. The first kappa shape index (κ1) is 13.2.